The average molecular weight is 827 g/mol. The van der Waals surface area contributed by atoms with Crippen LogP contribution in [0.3, 0.4) is 0 Å². The van der Waals surface area contributed by atoms with Crippen LogP contribution in [-0.2, 0) is 0 Å². The van der Waals surface area contributed by atoms with Crippen LogP contribution in [0.1, 0.15) is 22.8 Å². The minimum atomic E-state index is 0. The molecule has 0 aromatic heterocycles. The summed E-state index contributed by atoms with van der Waals surface area (Å²) in [5, 5.41) is 0. The van der Waals surface area contributed by atoms with Gasteiger partial charge >= 0.3 is 565 Å². The topological polar surface area (TPSA) is 70.0 Å². The number of hydrogen-bond acceptors (Lipinski definition) is 2. The van der Waals surface area contributed by atoms with Crippen LogP contribution in [0.25, 0.3) is 0 Å². The summed E-state index contributed by atoms with van der Waals surface area (Å²) in [6, 6.07) is 0. The van der Waals surface area contributed by atoms with E-state index in [2.05, 4.69) is 0 Å². The van der Waals surface area contributed by atoms with Gasteiger partial charge in [0.05, 0.1) is 0 Å². The van der Waals surface area contributed by atoms with Crippen molar-refractivity contribution in [1.82, 2.24) is 12.3 Å². The molecule has 0 aliphatic carbocycles. The molecule has 0 aliphatic heterocycles. The molecule has 0 saturated carbocycles. The van der Waals surface area contributed by atoms with Crippen molar-refractivity contribution < 1.29 is 588 Å². The van der Waals surface area contributed by atoms with Crippen LogP contribution in [0.15, 0.2) is 0 Å². The predicted molar refractivity (Wildman–Crippen MR) is 115 cm³/mol. The van der Waals surface area contributed by atoms with E-state index in [1.54, 1.807) is 0 Å². The molecule has 20 heteroatoms. The third kappa shape index (κ3) is 127. The Bertz CT molecular complexity index is 66.6. The van der Waals surface area contributed by atoms with Crippen molar-refractivity contribution in [2.45, 2.75) is 0 Å². The molecule has 6 atom stereocenters. The summed E-state index contributed by atoms with van der Waals surface area (Å²) in [6.45, 7) is 0. The maximum atomic E-state index is 0. The van der Waals surface area contributed by atoms with E-state index >= 15 is 0 Å². The molecular weight excluding hydrogens is 771 g/mol. The van der Waals surface area contributed by atoms with E-state index < -0.39 is 0 Å². The first-order valence-corrected chi connectivity index (χ1v) is 0. The SMILES string of the molecule is I.N.N.P.P.P.P.P.P.[3HH].[3HH].[3HH].[3HH].[3HH].[H-].[H-].[H-].[H-].[H-].[H-].[H-].[H-].[H-].[H-].[H-].[K+].[K+].[K+].[K+].[K+].[K+].[K+].[K+].[K+].[K+].[K+]. The summed E-state index contributed by atoms with van der Waals surface area (Å²) in [5.74, 6) is 0. The normalized spacial score (nSPS) is 0. The Morgan fingerprint density at radius 3 is 0.300 bits per heavy atom. The van der Waals surface area contributed by atoms with Crippen LogP contribution >= 0.6 is 83.4 Å². The largest absolute Gasteiger partial charge is 1.00 e. The van der Waals surface area contributed by atoms with E-state index in [0.29, 0.717) is 0 Å². The zero-order valence-electron chi connectivity index (χ0n) is 28.1. The van der Waals surface area contributed by atoms with Gasteiger partial charge < -0.3 is 28.0 Å². The van der Waals surface area contributed by atoms with E-state index in [9.17, 15) is 0 Å². The van der Waals surface area contributed by atoms with E-state index in [1.165, 1.54) is 0 Å². The Kier molecular flexibility index (Phi) is 1020. The first kappa shape index (κ1) is 148. The number of hydrogen-bond donors (Lipinski definition) is 2. The molecule has 0 heterocycles. The van der Waals surface area contributed by atoms with Crippen molar-refractivity contribution in [3.8, 4) is 0 Å². The van der Waals surface area contributed by atoms with Crippen LogP contribution in [0, 0.1) is 0 Å². The molecule has 104 valence electrons. The van der Waals surface area contributed by atoms with Gasteiger partial charge in [0.15, 0.2) is 0 Å². The van der Waals surface area contributed by atoms with Gasteiger partial charge in [-0.25, -0.2) is 0 Å². The average Bonchev–Trinajstić information content (AvgIpc) is 0. The van der Waals surface area contributed by atoms with E-state index in [4.69, 9.17) is 0 Å². The number of rotatable bonds is 0. The molecule has 0 bridgehead atoms. The van der Waals surface area contributed by atoms with Crippen LogP contribution in [-0.4, -0.2) is 0 Å². The first-order valence-electron chi connectivity index (χ1n) is 0. The monoisotopic (exact) mass is 826 g/mol. The fourth-order valence-electron chi connectivity index (χ4n) is 0. The quantitative estimate of drug-likeness (QED) is 0.145. The van der Waals surface area contributed by atoms with Crippen molar-refractivity contribution in [3.63, 3.8) is 0 Å². The van der Waals surface area contributed by atoms with E-state index in [1.807, 2.05) is 0 Å². The molecular formula is H46IK11N2P6. The van der Waals surface area contributed by atoms with Crippen LogP contribution in [0.2, 0.25) is 0 Å². The van der Waals surface area contributed by atoms with Gasteiger partial charge in [-0.05, 0) is 0 Å². The smallest absolute Gasteiger partial charge is 1.00 e. The van der Waals surface area contributed by atoms with Gasteiger partial charge in [0, 0.05) is 7.13 Å². The third-order valence-corrected chi connectivity index (χ3v) is 0. The molecule has 20 heavy (non-hydrogen) atoms. The standard InChI is InChI=1S/HI.11K.2H3N.6H3P.5H2.11H/h1H;;;;;;;;;;;;8*1H3;5*1H;;;;;;;;;;;/q;11*+1;;;;;;;;;;;;;;11*-1/i;;;;;;;;;;;;;;;;;;;;5*1+2;;;;;;;;;;;. The molecule has 6 N–H and O–H groups in total. The molecule has 0 saturated heterocycles. The van der Waals surface area contributed by atoms with Gasteiger partial charge in [-0.15, -0.1) is 24.0 Å². The Morgan fingerprint density at radius 2 is 0.300 bits per heavy atom. The summed E-state index contributed by atoms with van der Waals surface area (Å²) in [6.07, 6.45) is 0. The van der Waals surface area contributed by atoms with E-state index in [-0.39, 0.29) is 684 Å². The molecule has 6 unspecified atom stereocenters. The minimum Gasteiger partial charge on any atom is -1.00 e. The van der Waals surface area contributed by atoms with Crippen molar-refractivity contribution >= 4 is 83.4 Å². The summed E-state index contributed by atoms with van der Waals surface area (Å²) >= 11 is 0. The summed E-state index contributed by atoms with van der Waals surface area (Å²) in [7, 11) is 0. The Labute approximate surface area is 657 Å². The number of halogens is 1. The van der Waals surface area contributed by atoms with Crippen molar-refractivity contribution in [2.24, 2.45) is 0 Å². The summed E-state index contributed by atoms with van der Waals surface area (Å²) < 4.78 is 0. The zero-order chi connectivity index (χ0) is 0. The fourth-order valence-corrected chi connectivity index (χ4v) is 0. The first-order chi connectivity index (χ1) is 0. The summed E-state index contributed by atoms with van der Waals surface area (Å²) in [5.41, 5.74) is 0. The van der Waals surface area contributed by atoms with Crippen LogP contribution < -0.4 is 578 Å². The fraction of sp³-hybridized carbons (Fsp3) is 0. The van der Waals surface area contributed by atoms with Gasteiger partial charge in [0.2, 0.25) is 0 Å². The van der Waals surface area contributed by atoms with Crippen molar-refractivity contribution in [2.75, 3.05) is 0 Å². The zero-order valence-corrected chi connectivity index (χ0v) is 62.2. The second kappa shape index (κ2) is 137. The molecule has 2 nitrogen and oxygen atoms in total. The Balaban J connectivity index is 0. The summed E-state index contributed by atoms with van der Waals surface area (Å²) in [4.78, 5) is 0. The Hall–Kier alpha value is 21.2. The maximum Gasteiger partial charge on any atom is 1.00 e. The van der Waals surface area contributed by atoms with Gasteiger partial charge in [0.25, 0.3) is 0 Å². The minimum absolute atomic E-state index is 0. The van der Waals surface area contributed by atoms with Crippen molar-refractivity contribution in [1.29, 1.82) is 0 Å². The maximum absolute atomic E-state index is 0. The van der Waals surface area contributed by atoms with Gasteiger partial charge in [0.1, 0.15) is 0 Å². The van der Waals surface area contributed by atoms with Gasteiger partial charge in [-0.1, -0.05) is 0 Å². The third-order valence-electron chi connectivity index (χ3n) is 0. The van der Waals surface area contributed by atoms with Gasteiger partial charge in [-0.3, -0.25) is 0 Å². The molecule has 0 aromatic carbocycles. The molecule has 0 rings (SSSR count). The van der Waals surface area contributed by atoms with Crippen LogP contribution in [0.4, 0.5) is 0 Å². The molecule has 0 aliphatic rings. The molecule has 0 fully saturated rings. The molecule has 0 aromatic rings. The molecule has 0 radical (unpaired) electrons. The Morgan fingerprint density at radius 1 is 0.300 bits per heavy atom. The molecule has 0 amide bonds. The predicted octanol–water partition coefficient (Wildman–Crippen LogP) is -29.2. The van der Waals surface area contributed by atoms with Crippen molar-refractivity contribution in [3.05, 3.63) is 0 Å². The van der Waals surface area contributed by atoms with E-state index in [0.717, 1.165) is 0 Å². The second-order valence-corrected chi connectivity index (χ2v) is 0. The van der Waals surface area contributed by atoms with Gasteiger partial charge in [-0.2, -0.15) is 59.4 Å². The second-order valence-electron chi connectivity index (χ2n) is 0. The van der Waals surface area contributed by atoms with Crippen LogP contribution in [0.5, 0.6) is 0 Å². The molecule has 0 spiro atoms.